The fourth-order valence-corrected chi connectivity index (χ4v) is 0.843. The Morgan fingerprint density at radius 1 is 1.33 bits per heavy atom. The lowest BCUT2D eigenvalue weighted by atomic mass is 10.2. The minimum atomic E-state index is -5.05. The molecule has 0 radical (unpaired) electrons. The van der Waals surface area contributed by atoms with Gasteiger partial charge in [-0.05, 0) is 0 Å². The summed E-state index contributed by atoms with van der Waals surface area (Å²) in [5, 5.41) is 0. The molecule has 1 rings (SSSR count). The Kier molecular flexibility index (Phi) is 3.08. The SMILES string of the molecule is NCc1c(F)cc(OC(F)(F)F)nc1F. The third-order valence-corrected chi connectivity index (χ3v) is 1.42. The van der Waals surface area contributed by atoms with Gasteiger partial charge < -0.3 is 10.5 Å². The van der Waals surface area contributed by atoms with Crippen LogP contribution in [0, 0.1) is 11.8 Å². The van der Waals surface area contributed by atoms with Gasteiger partial charge in [0, 0.05) is 12.6 Å². The summed E-state index contributed by atoms with van der Waals surface area (Å²) in [6, 6.07) is 0.318. The smallest absolute Gasteiger partial charge is 0.388 e. The lowest BCUT2D eigenvalue weighted by Gasteiger charge is -2.09. The molecule has 0 aliphatic heterocycles. The Balaban J connectivity index is 3.04. The molecule has 0 aliphatic rings. The largest absolute Gasteiger partial charge is 0.574 e. The van der Waals surface area contributed by atoms with E-state index >= 15 is 0 Å². The van der Waals surface area contributed by atoms with Crippen molar-refractivity contribution >= 4 is 0 Å². The van der Waals surface area contributed by atoms with Crippen LogP contribution in [0.15, 0.2) is 6.07 Å². The van der Waals surface area contributed by atoms with Gasteiger partial charge in [-0.1, -0.05) is 0 Å². The van der Waals surface area contributed by atoms with Crippen molar-refractivity contribution in [3.05, 3.63) is 23.4 Å². The third-order valence-electron chi connectivity index (χ3n) is 1.42. The first-order valence-corrected chi connectivity index (χ1v) is 3.64. The molecule has 0 aliphatic carbocycles. The molecule has 15 heavy (non-hydrogen) atoms. The summed E-state index contributed by atoms with van der Waals surface area (Å²) in [6.07, 6.45) is -5.05. The van der Waals surface area contributed by atoms with Gasteiger partial charge in [0.25, 0.3) is 0 Å². The minimum Gasteiger partial charge on any atom is -0.388 e. The van der Waals surface area contributed by atoms with Gasteiger partial charge in [0.1, 0.15) is 5.82 Å². The summed E-state index contributed by atoms with van der Waals surface area (Å²) >= 11 is 0. The minimum absolute atomic E-state index is 0.318. The molecular formula is C7H5F5N2O. The van der Waals surface area contributed by atoms with Crippen LogP contribution < -0.4 is 10.5 Å². The molecule has 0 unspecified atom stereocenters. The summed E-state index contributed by atoms with van der Waals surface area (Å²) in [5.41, 5.74) is 4.35. The van der Waals surface area contributed by atoms with Crippen LogP contribution in [0.3, 0.4) is 0 Å². The van der Waals surface area contributed by atoms with Crippen LogP contribution in [0.25, 0.3) is 0 Å². The van der Waals surface area contributed by atoms with Crippen LogP contribution in [0.5, 0.6) is 5.88 Å². The van der Waals surface area contributed by atoms with E-state index in [-0.39, 0.29) is 0 Å². The normalized spacial score (nSPS) is 11.6. The van der Waals surface area contributed by atoms with Crippen molar-refractivity contribution in [1.29, 1.82) is 0 Å². The van der Waals surface area contributed by atoms with Crippen LogP contribution in [-0.4, -0.2) is 11.3 Å². The Morgan fingerprint density at radius 3 is 2.33 bits per heavy atom. The van der Waals surface area contributed by atoms with E-state index in [2.05, 4.69) is 9.72 Å². The zero-order valence-electron chi connectivity index (χ0n) is 7.11. The fourth-order valence-electron chi connectivity index (χ4n) is 0.843. The van der Waals surface area contributed by atoms with E-state index in [1.54, 1.807) is 0 Å². The topological polar surface area (TPSA) is 48.1 Å². The second-order valence-electron chi connectivity index (χ2n) is 2.46. The van der Waals surface area contributed by atoms with Gasteiger partial charge in [-0.3, -0.25) is 0 Å². The zero-order chi connectivity index (χ0) is 11.6. The van der Waals surface area contributed by atoms with Crippen molar-refractivity contribution in [3.8, 4) is 5.88 Å². The van der Waals surface area contributed by atoms with Crippen molar-refractivity contribution < 1.29 is 26.7 Å². The number of hydrogen-bond acceptors (Lipinski definition) is 3. The maximum absolute atomic E-state index is 12.9. The molecule has 0 amide bonds. The molecule has 0 atom stereocenters. The molecule has 8 heteroatoms. The number of ether oxygens (including phenoxy) is 1. The molecule has 0 fully saturated rings. The second-order valence-corrected chi connectivity index (χ2v) is 2.46. The predicted molar refractivity (Wildman–Crippen MR) is 38.7 cm³/mol. The third kappa shape index (κ3) is 3.01. The van der Waals surface area contributed by atoms with E-state index in [1.807, 2.05) is 0 Å². The quantitative estimate of drug-likeness (QED) is 0.619. The number of nitrogens with zero attached hydrogens (tertiary/aromatic N) is 1. The molecule has 0 saturated heterocycles. The van der Waals surface area contributed by atoms with Crippen molar-refractivity contribution in [2.75, 3.05) is 0 Å². The van der Waals surface area contributed by atoms with Crippen molar-refractivity contribution in [2.24, 2.45) is 5.73 Å². The van der Waals surface area contributed by atoms with Crippen LogP contribution in [0.2, 0.25) is 0 Å². The maximum atomic E-state index is 12.9. The highest BCUT2D eigenvalue weighted by Gasteiger charge is 2.32. The number of pyridine rings is 1. The van der Waals surface area contributed by atoms with Crippen molar-refractivity contribution in [3.63, 3.8) is 0 Å². The highest BCUT2D eigenvalue weighted by Crippen LogP contribution is 2.23. The molecule has 1 heterocycles. The van der Waals surface area contributed by atoms with E-state index in [0.717, 1.165) is 0 Å². The molecule has 1 aromatic heterocycles. The van der Waals surface area contributed by atoms with Gasteiger partial charge >= 0.3 is 6.36 Å². The number of alkyl halides is 3. The average Bonchev–Trinajstić information content (AvgIpc) is 1.99. The molecule has 3 nitrogen and oxygen atoms in total. The van der Waals surface area contributed by atoms with E-state index in [9.17, 15) is 22.0 Å². The summed E-state index contributed by atoms with van der Waals surface area (Å²) in [6.45, 7) is -0.503. The van der Waals surface area contributed by atoms with Crippen molar-refractivity contribution in [2.45, 2.75) is 12.9 Å². The number of hydrogen-bond donors (Lipinski definition) is 1. The maximum Gasteiger partial charge on any atom is 0.574 e. The average molecular weight is 228 g/mol. The van der Waals surface area contributed by atoms with E-state index in [0.29, 0.717) is 6.07 Å². The zero-order valence-corrected chi connectivity index (χ0v) is 7.11. The van der Waals surface area contributed by atoms with E-state index in [4.69, 9.17) is 5.73 Å². The van der Waals surface area contributed by atoms with Crippen LogP contribution in [-0.2, 0) is 6.54 Å². The lowest BCUT2D eigenvalue weighted by molar-refractivity contribution is -0.276. The summed E-state index contributed by atoms with van der Waals surface area (Å²) in [7, 11) is 0. The van der Waals surface area contributed by atoms with Gasteiger partial charge in [0.15, 0.2) is 0 Å². The first kappa shape index (κ1) is 11.6. The first-order chi connectivity index (χ1) is 6.83. The Bertz CT molecular complexity index is 342. The molecular weight excluding hydrogens is 223 g/mol. The molecule has 0 aromatic carbocycles. The number of nitrogens with two attached hydrogens (primary N) is 1. The van der Waals surface area contributed by atoms with E-state index < -0.39 is 36.1 Å². The summed E-state index contributed by atoms with van der Waals surface area (Å²) in [5.74, 6) is -3.85. The summed E-state index contributed by atoms with van der Waals surface area (Å²) in [4.78, 5) is 2.76. The van der Waals surface area contributed by atoms with Gasteiger partial charge in [0.05, 0.1) is 5.56 Å². The standard InChI is InChI=1S/C7H5F5N2O/c8-4-1-5(15-7(10,11)12)14-6(9)3(4)2-13/h1H,2,13H2. The van der Waals surface area contributed by atoms with Gasteiger partial charge in [-0.25, -0.2) is 4.39 Å². The predicted octanol–water partition coefficient (Wildman–Crippen LogP) is 1.72. The van der Waals surface area contributed by atoms with Crippen molar-refractivity contribution in [1.82, 2.24) is 4.98 Å². The molecule has 0 bridgehead atoms. The molecule has 0 spiro atoms. The molecule has 1 aromatic rings. The highest BCUT2D eigenvalue weighted by molar-refractivity contribution is 5.21. The lowest BCUT2D eigenvalue weighted by Crippen LogP contribution is -2.19. The molecule has 84 valence electrons. The number of rotatable bonds is 2. The van der Waals surface area contributed by atoms with Gasteiger partial charge in [0.2, 0.25) is 11.8 Å². The Hall–Kier alpha value is -1.44. The molecule has 2 N–H and O–H groups in total. The first-order valence-electron chi connectivity index (χ1n) is 3.64. The Morgan fingerprint density at radius 2 is 1.93 bits per heavy atom. The number of halogens is 5. The second kappa shape index (κ2) is 3.97. The van der Waals surface area contributed by atoms with Gasteiger partial charge in [-0.2, -0.15) is 9.37 Å². The summed E-state index contributed by atoms with van der Waals surface area (Å²) < 4.78 is 63.9. The van der Waals surface area contributed by atoms with Gasteiger partial charge in [-0.15, -0.1) is 13.2 Å². The highest BCUT2D eigenvalue weighted by atomic mass is 19.4. The fraction of sp³-hybridized carbons (Fsp3) is 0.286. The number of aromatic nitrogens is 1. The van der Waals surface area contributed by atoms with E-state index in [1.165, 1.54) is 0 Å². The molecule has 0 saturated carbocycles. The van der Waals surface area contributed by atoms with Crippen LogP contribution in [0.1, 0.15) is 5.56 Å². The monoisotopic (exact) mass is 228 g/mol. The van der Waals surface area contributed by atoms with Crippen LogP contribution >= 0.6 is 0 Å². The Labute approximate surface area is 80.7 Å². The van der Waals surface area contributed by atoms with Crippen LogP contribution in [0.4, 0.5) is 22.0 Å².